The Labute approximate surface area is 37.3 Å². The van der Waals surface area contributed by atoms with Crippen LogP contribution in [0.25, 0.3) is 1.43 Å². The van der Waals surface area contributed by atoms with Gasteiger partial charge in [-0.25, -0.2) is 0 Å². The van der Waals surface area contributed by atoms with Crippen LogP contribution in [0.3, 0.4) is 0 Å². The van der Waals surface area contributed by atoms with Crippen LogP contribution in [0.5, 0.6) is 0 Å². The first-order valence-electron chi connectivity index (χ1n) is 2.42. The standard InChI is InChI=1S/C4H6O2/c5-4(6)3-1-2-3/h3H,1-2H2,(H,5,6)/i/hD. The summed E-state index contributed by atoms with van der Waals surface area (Å²) in [6.45, 7) is 0. The summed E-state index contributed by atoms with van der Waals surface area (Å²) < 4.78 is 6.13. The van der Waals surface area contributed by atoms with Crippen LogP contribution in [0.15, 0.2) is 0 Å². The molecule has 0 unspecified atom stereocenters. The second kappa shape index (κ2) is 0.965. The lowest BCUT2D eigenvalue weighted by atomic mass is 10.5. The molecule has 1 N–H and O–H groups in total. The van der Waals surface area contributed by atoms with E-state index >= 15 is 0 Å². The Morgan fingerprint density at radius 3 is 2.83 bits per heavy atom. The van der Waals surface area contributed by atoms with Crippen LogP contribution in [0, 0.1) is 5.92 Å². The fourth-order valence-corrected chi connectivity index (χ4v) is 0.319. The number of carboxylic acids is 1. The number of carbonyl (C=O) groups is 1. The molecule has 1 saturated carbocycles. The third kappa shape index (κ3) is 0.506. The van der Waals surface area contributed by atoms with Crippen molar-refractivity contribution < 1.29 is 9.90 Å². The normalized spacial score (nSPS) is 22.3. The van der Waals surface area contributed by atoms with Gasteiger partial charge in [-0.15, -0.1) is 0 Å². The van der Waals surface area contributed by atoms with Crippen molar-refractivity contribution in [3.05, 3.63) is 0 Å². The third-order valence-electron chi connectivity index (χ3n) is 0.911. The van der Waals surface area contributed by atoms with Gasteiger partial charge in [0.1, 0.15) is 0 Å². The molecule has 1 aliphatic rings. The number of aliphatic carboxylic acids is 1. The van der Waals surface area contributed by atoms with Gasteiger partial charge in [-0.1, -0.05) is 0 Å². The largest absolute Gasteiger partial charge is 0.481 e. The lowest BCUT2D eigenvalue weighted by molar-refractivity contribution is -0.138. The minimum Gasteiger partial charge on any atom is -0.481 e. The molecule has 0 aliphatic heterocycles. The van der Waals surface area contributed by atoms with E-state index in [1.54, 1.807) is 0 Å². The fourth-order valence-electron chi connectivity index (χ4n) is 0.319. The SMILES string of the molecule is [2H]OC(=O)C1CC1. The average Bonchev–Trinajstić information content (AvgIpc) is 2.44. The highest BCUT2D eigenvalue weighted by Gasteiger charge is 2.28. The molecule has 0 amide bonds. The Kier molecular flexibility index (Phi) is 0.420. The highest BCUT2D eigenvalue weighted by atomic mass is 16.4. The molecule has 34 valence electrons. The van der Waals surface area contributed by atoms with Gasteiger partial charge >= 0.3 is 5.97 Å². The lowest BCUT2D eigenvalue weighted by Crippen LogP contribution is -1.94. The van der Waals surface area contributed by atoms with Gasteiger partial charge in [0, 0.05) is 0 Å². The topological polar surface area (TPSA) is 37.3 Å². The smallest absolute Gasteiger partial charge is 0.306 e. The molecule has 6 heavy (non-hydrogen) atoms. The summed E-state index contributed by atoms with van der Waals surface area (Å²) in [6, 6.07) is 0. The van der Waals surface area contributed by atoms with Crippen LogP contribution in [-0.2, 0) is 4.79 Å². The minimum absolute atomic E-state index is 0.0671. The van der Waals surface area contributed by atoms with Crippen LogP contribution in [-0.4, -0.2) is 11.1 Å². The fraction of sp³-hybridized carbons (Fsp3) is 0.750. The van der Waals surface area contributed by atoms with Crippen molar-refractivity contribution >= 4 is 5.97 Å². The van der Waals surface area contributed by atoms with Gasteiger partial charge in [0.05, 0.1) is 5.92 Å². The molecule has 1 rings (SSSR count). The number of carboxylic acid groups (broad SMARTS) is 1. The van der Waals surface area contributed by atoms with Crippen molar-refractivity contribution in [1.29, 1.82) is 1.43 Å². The van der Waals surface area contributed by atoms with E-state index in [9.17, 15) is 4.79 Å². The molecule has 0 aromatic carbocycles. The number of hydrogen-bond acceptors (Lipinski definition) is 2. The summed E-state index contributed by atoms with van der Waals surface area (Å²) >= 11 is 0. The summed E-state index contributed by atoms with van der Waals surface area (Å²) in [7, 11) is 0. The first-order valence-corrected chi connectivity index (χ1v) is 2.01. The first kappa shape index (κ1) is 2.61. The Balaban J connectivity index is 2.24. The Morgan fingerprint density at radius 1 is 2.00 bits per heavy atom. The number of hydrogen-bond donors (Lipinski definition) is 1. The molecule has 0 heterocycles. The van der Waals surface area contributed by atoms with Crippen LogP contribution in [0.1, 0.15) is 12.8 Å². The molecular formula is C4H6O2. The van der Waals surface area contributed by atoms with Crippen molar-refractivity contribution in [1.82, 2.24) is 0 Å². The van der Waals surface area contributed by atoms with Gasteiger partial charge in [0.15, 0.2) is 0 Å². The van der Waals surface area contributed by atoms with E-state index in [2.05, 4.69) is 5.11 Å². The van der Waals surface area contributed by atoms with Crippen molar-refractivity contribution in [2.75, 3.05) is 0 Å². The molecule has 1 aliphatic carbocycles. The summed E-state index contributed by atoms with van der Waals surface area (Å²) in [5.74, 6) is -0.308. The van der Waals surface area contributed by atoms with E-state index in [-0.39, 0.29) is 11.9 Å². The maximum atomic E-state index is 10.2. The number of rotatable bonds is 1. The highest BCUT2D eigenvalue weighted by Crippen LogP contribution is 2.28. The van der Waals surface area contributed by atoms with Gasteiger partial charge in [0.2, 0.25) is 0 Å². The van der Waals surface area contributed by atoms with E-state index in [1.807, 2.05) is 0 Å². The monoisotopic (exact) mass is 87.0 g/mol. The Hall–Kier alpha value is -0.530. The molecule has 2 heteroatoms. The molecule has 0 bridgehead atoms. The predicted molar refractivity (Wildman–Crippen MR) is 20.4 cm³/mol. The highest BCUT2D eigenvalue weighted by molar-refractivity contribution is 5.72. The molecule has 0 aromatic rings. The van der Waals surface area contributed by atoms with Crippen molar-refractivity contribution in [3.63, 3.8) is 0 Å². The van der Waals surface area contributed by atoms with Gasteiger partial charge in [-0.3, -0.25) is 4.79 Å². The third-order valence-corrected chi connectivity index (χ3v) is 0.911. The second-order valence-corrected chi connectivity index (χ2v) is 1.59. The molecule has 0 aromatic heterocycles. The Bertz CT molecular complexity index is 87.7. The maximum Gasteiger partial charge on any atom is 0.306 e. The van der Waals surface area contributed by atoms with Gasteiger partial charge in [-0.2, -0.15) is 0 Å². The van der Waals surface area contributed by atoms with Gasteiger partial charge < -0.3 is 5.11 Å². The van der Waals surface area contributed by atoms with E-state index in [1.165, 1.54) is 0 Å². The zero-order chi connectivity index (χ0) is 5.28. The molecule has 0 spiro atoms. The maximum absolute atomic E-state index is 10.2. The summed E-state index contributed by atoms with van der Waals surface area (Å²) in [6.07, 6.45) is 1.83. The van der Waals surface area contributed by atoms with E-state index in [4.69, 9.17) is 1.43 Å². The van der Waals surface area contributed by atoms with Gasteiger partial charge in [-0.05, 0) is 12.8 Å². The quantitative estimate of drug-likeness (QED) is 0.505. The van der Waals surface area contributed by atoms with E-state index in [0.717, 1.165) is 12.8 Å². The van der Waals surface area contributed by atoms with Crippen molar-refractivity contribution in [2.24, 2.45) is 5.92 Å². The molecule has 0 saturated heterocycles. The van der Waals surface area contributed by atoms with Crippen LogP contribution >= 0.6 is 0 Å². The first-order chi connectivity index (χ1) is 3.34. The van der Waals surface area contributed by atoms with Gasteiger partial charge in [0.25, 0.3) is 1.43 Å². The zero-order valence-corrected chi connectivity index (χ0v) is 3.31. The molecule has 0 radical (unpaired) electrons. The predicted octanol–water partition coefficient (Wildman–Crippen LogP) is 0.481. The molecule has 2 nitrogen and oxygen atoms in total. The van der Waals surface area contributed by atoms with E-state index in [0.29, 0.717) is 0 Å². The lowest BCUT2D eigenvalue weighted by Gasteiger charge is -1.75. The zero-order valence-electron chi connectivity index (χ0n) is 4.31. The van der Waals surface area contributed by atoms with E-state index < -0.39 is 0 Å². The summed E-state index contributed by atoms with van der Waals surface area (Å²) in [5, 5.41) is 3.69. The Morgan fingerprint density at radius 2 is 2.67 bits per heavy atom. The average molecular weight is 87.1 g/mol. The van der Waals surface area contributed by atoms with Crippen LogP contribution in [0.4, 0.5) is 0 Å². The second-order valence-electron chi connectivity index (χ2n) is 1.59. The van der Waals surface area contributed by atoms with Crippen LogP contribution < -0.4 is 0 Å². The van der Waals surface area contributed by atoms with Crippen LogP contribution in [0.2, 0.25) is 0 Å². The summed E-state index contributed by atoms with van der Waals surface area (Å²) in [4.78, 5) is 10.2. The van der Waals surface area contributed by atoms with Crippen molar-refractivity contribution in [2.45, 2.75) is 12.8 Å². The molecule has 0 atom stereocenters. The minimum atomic E-state index is -0.375. The molecule has 1 fully saturated rings. The molecular weight excluding hydrogens is 80.0 g/mol. The van der Waals surface area contributed by atoms with Crippen molar-refractivity contribution in [3.8, 4) is 0 Å². The summed E-state index contributed by atoms with van der Waals surface area (Å²) in [5.41, 5.74) is 0.